The van der Waals surface area contributed by atoms with Crippen LogP contribution in [0.4, 0.5) is 5.69 Å². The minimum atomic E-state index is -0.0963. The Kier molecular flexibility index (Phi) is 10.2. The Morgan fingerprint density at radius 2 is 1.56 bits per heavy atom. The molecule has 1 amide bonds. The van der Waals surface area contributed by atoms with Crippen LogP contribution in [0.5, 0.6) is 0 Å². The highest BCUT2D eigenvalue weighted by Crippen LogP contribution is 2.14. The predicted molar refractivity (Wildman–Crippen MR) is 117 cm³/mol. The summed E-state index contributed by atoms with van der Waals surface area (Å²) in [6, 6.07) is 15.6. The second kappa shape index (κ2) is 11.9. The molecule has 4 nitrogen and oxygen atoms in total. The number of anilines is 1. The van der Waals surface area contributed by atoms with Crippen molar-refractivity contribution in [1.29, 1.82) is 0 Å². The molecule has 1 aliphatic heterocycles. The summed E-state index contributed by atoms with van der Waals surface area (Å²) >= 11 is 0. The van der Waals surface area contributed by atoms with Gasteiger partial charge >= 0.3 is 0 Å². The van der Waals surface area contributed by atoms with Crippen molar-refractivity contribution in [3.63, 3.8) is 0 Å². The third kappa shape index (κ3) is 7.41. The van der Waals surface area contributed by atoms with Crippen molar-refractivity contribution in [2.24, 2.45) is 0 Å². The molecule has 3 N–H and O–H groups in total. The third-order valence-corrected chi connectivity index (χ3v) is 4.73. The fourth-order valence-electron chi connectivity index (χ4n) is 3.28. The minimum Gasteiger partial charge on any atom is -0.399 e. The summed E-state index contributed by atoms with van der Waals surface area (Å²) < 4.78 is 0. The lowest BCUT2D eigenvalue weighted by Crippen LogP contribution is -2.24. The molecule has 2 aromatic rings. The maximum atomic E-state index is 12.2. The average molecular weight is 410 g/mol. The van der Waals surface area contributed by atoms with Gasteiger partial charge in [-0.2, -0.15) is 0 Å². The second-order valence-corrected chi connectivity index (χ2v) is 6.81. The molecule has 1 aliphatic rings. The summed E-state index contributed by atoms with van der Waals surface area (Å²) in [5.41, 5.74) is 9.37. The molecule has 1 fully saturated rings. The number of hydrogen-bond donors (Lipinski definition) is 2. The SMILES string of the molecule is Cl.Cl.Nc1cccc(C(=O)NCc2ccc(CN3CCCCCC3)cc2)c1. The quantitative estimate of drug-likeness (QED) is 0.718. The highest BCUT2D eigenvalue weighted by Gasteiger charge is 2.09. The van der Waals surface area contributed by atoms with Crippen molar-refractivity contribution < 1.29 is 4.79 Å². The monoisotopic (exact) mass is 409 g/mol. The van der Waals surface area contributed by atoms with Crippen LogP contribution in [-0.2, 0) is 13.1 Å². The van der Waals surface area contributed by atoms with Crippen molar-refractivity contribution in [2.45, 2.75) is 38.8 Å². The molecule has 0 unspecified atom stereocenters. The standard InChI is InChI=1S/C21H27N3O.2ClH/c22-20-7-5-6-19(14-20)21(25)23-15-17-8-10-18(11-9-17)16-24-12-3-1-2-4-13-24;;/h5-11,14H,1-4,12-13,15-16,22H2,(H,23,25);2*1H. The first-order valence-corrected chi connectivity index (χ1v) is 9.14. The average Bonchev–Trinajstić information content (AvgIpc) is 2.89. The number of hydrogen-bond acceptors (Lipinski definition) is 3. The van der Waals surface area contributed by atoms with Crippen molar-refractivity contribution in [3.05, 3.63) is 65.2 Å². The summed E-state index contributed by atoms with van der Waals surface area (Å²) in [6.07, 6.45) is 5.35. The topological polar surface area (TPSA) is 58.4 Å². The number of carbonyl (C=O) groups is 1. The molecule has 0 bridgehead atoms. The van der Waals surface area contributed by atoms with Crippen molar-refractivity contribution >= 4 is 36.4 Å². The fraction of sp³-hybridized carbons (Fsp3) is 0.381. The van der Waals surface area contributed by atoms with E-state index >= 15 is 0 Å². The Morgan fingerprint density at radius 3 is 2.19 bits per heavy atom. The second-order valence-electron chi connectivity index (χ2n) is 6.81. The van der Waals surface area contributed by atoms with Crippen LogP contribution in [-0.4, -0.2) is 23.9 Å². The van der Waals surface area contributed by atoms with E-state index < -0.39 is 0 Å². The molecule has 2 aromatic carbocycles. The van der Waals surface area contributed by atoms with E-state index in [2.05, 4.69) is 34.5 Å². The van der Waals surface area contributed by atoms with Crippen LogP contribution in [0.25, 0.3) is 0 Å². The van der Waals surface area contributed by atoms with Gasteiger partial charge < -0.3 is 11.1 Å². The zero-order chi connectivity index (χ0) is 17.5. The maximum absolute atomic E-state index is 12.2. The Morgan fingerprint density at radius 1 is 0.926 bits per heavy atom. The molecule has 1 saturated heterocycles. The normalized spacial score (nSPS) is 14.4. The van der Waals surface area contributed by atoms with E-state index in [1.807, 2.05) is 0 Å². The van der Waals surface area contributed by atoms with Crippen LogP contribution < -0.4 is 11.1 Å². The lowest BCUT2D eigenvalue weighted by Gasteiger charge is -2.19. The van der Waals surface area contributed by atoms with Gasteiger partial charge in [0.05, 0.1) is 0 Å². The molecule has 1 heterocycles. The van der Waals surface area contributed by atoms with Gasteiger partial charge in [0, 0.05) is 24.3 Å². The van der Waals surface area contributed by atoms with E-state index in [9.17, 15) is 4.79 Å². The van der Waals surface area contributed by atoms with Gasteiger partial charge in [0.25, 0.3) is 5.91 Å². The number of nitrogens with two attached hydrogens (primary N) is 1. The summed E-state index contributed by atoms with van der Waals surface area (Å²) in [7, 11) is 0. The lowest BCUT2D eigenvalue weighted by molar-refractivity contribution is 0.0951. The Balaban J connectivity index is 0.00000182. The van der Waals surface area contributed by atoms with Crippen LogP contribution in [0.2, 0.25) is 0 Å². The van der Waals surface area contributed by atoms with Crippen LogP contribution >= 0.6 is 24.8 Å². The summed E-state index contributed by atoms with van der Waals surface area (Å²) in [6.45, 7) is 3.96. The van der Waals surface area contributed by atoms with Crippen LogP contribution in [0.15, 0.2) is 48.5 Å². The first-order chi connectivity index (χ1) is 12.2. The zero-order valence-corrected chi connectivity index (χ0v) is 17.2. The molecule has 27 heavy (non-hydrogen) atoms. The summed E-state index contributed by atoms with van der Waals surface area (Å²) in [4.78, 5) is 14.7. The number of amides is 1. The summed E-state index contributed by atoms with van der Waals surface area (Å²) in [5.74, 6) is -0.0963. The lowest BCUT2D eigenvalue weighted by atomic mass is 10.1. The Labute approximate surface area is 174 Å². The van der Waals surface area contributed by atoms with Crippen molar-refractivity contribution in [1.82, 2.24) is 10.2 Å². The van der Waals surface area contributed by atoms with Gasteiger partial charge in [-0.05, 0) is 55.3 Å². The first kappa shape index (κ1) is 23.3. The fourth-order valence-corrected chi connectivity index (χ4v) is 3.28. The number of carbonyl (C=O) groups excluding carboxylic acids is 1. The summed E-state index contributed by atoms with van der Waals surface area (Å²) in [5, 5.41) is 2.95. The molecular formula is C21H29Cl2N3O. The largest absolute Gasteiger partial charge is 0.399 e. The number of rotatable bonds is 5. The molecule has 0 radical (unpaired) electrons. The van der Waals surface area contributed by atoms with E-state index in [1.165, 1.54) is 44.3 Å². The van der Waals surface area contributed by atoms with Crippen molar-refractivity contribution in [2.75, 3.05) is 18.8 Å². The van der Waals surface area contributed by atoms with E-state index in [0.717, 1.165) is 12.1 Å². The van der Waals surface area contributed by atoms with Crippen LogP contribution in [0, 0.1) is 0 Å². The number of benzene rings is 2. The highest BCUT2D eigenvalue weighted by molar-refractivity contribution is 5.94. The predicted octanol–water partition coefficient (Wildman–Crippen LogP) is 4.42. The van der Waals surface area contributed by atoms with E-state index in [0.29, 0.717) is 17.8 Å². The van der Waals surface area contributed by atoms with Gasteiger partial charge in [0.15, 0.2) is 0 Å². The van der Waals surface area contributed by atoms with Crippen LogP contribution in [0.1, 0.15) is 47.2 Å². The Hall–Kier alpha value is -1.75. The molecule has 0 aliphatic carbocycles. The first-order valence-electron chi connectivity index (χ1n) is 9.14. The Bertz CT molecular complexity index is 699. The van der Waals surface area contributed by atoms with Gasteiger partial charge in [0.2, 0.25) is 0 Å². The zero-order valence-electron chi connectivity index (χ0n) is 15.5. The number of likely N-dealkylation sites (tertiary alicyclic amines) is 1. The molecule has 0 saturated carbocycles. The molecule has 0 atom stereocenters. The van der Waals surface area contributed by atoms with Gasteiger partial charge in [-0.1, -0.05) is 43.2 Å². The highest BCUT2D eigenvalue weighted by atomic mass is 35.5. The van der Waals surface area contributed by atoms with Gasteiger partial charge in [0.1, 0.15) is 0 Å². The number of nitrogens with zero attached hydrogens (tertiary/aromatic N) is 1. The third-order valence-electron chi connectivity index (χ3n) is 4.73. The smallest absolute Gasteiger partial charge is 0.251 e. The van der Waals surface area contributed by atoms with E-state index in [1.54, 1.807) is 24.3 Å². The molecule has 0 spiro atoms. The van der Waals surface area contributed by atoms with Gasteiger partial charge in [-0.3, -0.25) is 9.69 Å². The van der Waals surface area contributed by atoms with E-state index in [4.69, 9.17) is 5.73 Å². The van der Waals surface area contributed by atoms with Crippen molar-refractivity contribution in [3.8, 4) is 0 Å². The number of nitrogen functional groups attached to an aromatic ring is 1. The molecule has 0 aromatic heterocycles. The molecule has 3 rings (SSSR count). The molecule has 148 valence electrons. The van der Waals surface area contributed by atoms with Gasteiger partial charge in [-0.15, -0.1) is 24.8 Å². The van der Waals surface area contributed by atoms with E-state index in [-0.39, 0.29) is 30.7 Å². The number of nitrogens with one attached hydrogen (secondary N) is 1. The minimum absolute atomic E-state index is 0. The maximum Gasteiger partial charge on any atom is 0.251 e. The number of halogens is 2. The molecular weight excluding hydrogens is 381 g/mol. The van der Waals surface area contributed by atoms with Gasteiger partial charge in [-0.25, -0.2) is 0 Å². The van der Waals surface area contributed by atoms with Crippen LogP contribution in [0.3, 0.4) is 0 Å². The molecule has 6 heteroatoms.